The third-order valence-electron chi connectivity index (χ3n) is 4.68. The normalized spacial score (nSPS) is 10.0. The van der Waals surface area contributed by atoms with Crippen LogP contribution in [0.25, 0.3) is 0 Å². The van der Waals surface area contributed by atoms with E-state index in [2.05, 4.69) is 38.8 Å². The van der Waals surface area contributed by atoms with Crippen LogP contribution < -0.4 is 5.73 Å². The second kappa shape index (κ2) is 34.2. The second-order valence-electron chi connectivity index (χ2n) is 7.62. The van der Waals surface area contributed by atoms with Gasteiger partial charge in [0, 0.05) is 6.42 Å². The summed E-state index contributed by atoms with van der Waals surface area (Å²) in [6.45, 7) is 13.5. The summed E-state index contributed by atoms with van der Waals surface area (Å²) in [5, 5.41) is 0. The predicted molar refractivity (Wildman–Crippen MR) is 134 cm³/mol. The highest BCUT2D eigenvalue weighted by molar-refractivity contribution is 5.73. The van der Waals surface area contributed by atoms with Crippen molar-refractivity contribution in [3.63, 3.8) is 0 Å². The van der Waals surface area contributed by atoms with E-state index in [1.165, 1.54) is 96.3 Å². The van der Waals surface area contributed by atoms with E-state index in [1.807, 2.05) is 6.92 Å². The SMILES string of the molecule is C=C.C=CC.CCCCCCCC/C=C\CCCCCCCCCCCC(N)=O. The number of hydrogen-bond acceptors (Lipinski definition) is 1. The van der Waals surface area contributed by atoms with Crippen LogP contribution in [0.15, 0.2) is 38.0 Å². The molecule has 0 rings (SSSR count). The number of unbranched alkanes of at least 4 members (excludes halogenated alkanes) is 15. The molecule has 0 aromatic rings. The summed E-state index contributed by atoms with van der Waals surface area (Å²) in [6, 6.07) is 0. The van der Waals surface area contributed by atoms with Crippen molar-refractivity contribution in [2.75, 3.05) is 0 Å². The van der Waals surface area contributed by atoms with Crippen LogP contribution in [0.5, 0.6) is 0 Å². The van der Waals surface area contributed by atoms with Gasteiger partial charge in [0.1, 0.15) is 0 Å². The first kappa shape index (κ1) is 32.4. The van der Waals surface area contributed by atoms with Crippen LogP contribution in [-0.4, -0.2) is 5.91 Å². The molecule has 2 N–H and O–H groups in total. The second-order valence-corrected chi connectivity index (χ2v) is 7.62. The highest BCUT2D eigenvalue weighted by Crippen LogP contribution is 2.12. The van der Waals surface area contributed by atoms with Crippen molar-refractivity contribution in [3.8, 4) is 0 Å². The van der Waals surface area contributed by atoms with Gasteiger partial charge in [-0.3, -0.25) is 4.79 Å². The summed E-state index contributed by atoms with van der Waals surface area (Å²) in [5.41, 5.74) is 5.13. The Labute approximate surface area is 184 Å². The molecule has 0 unspecified atom stereocenters. The predicted octanol–water partition coefficient (Wildman–Crippen LogP) is 9.06. The Balaban J connectivity index is -0.00000123. The average molecular weight is 408 g/mol. The smallest absolute Gasteiger partial charge is 0.217 e. The highest BCUT2D eigenvalue weighted by Gasteiger charge is 1.95. The molecule has 2 heteroatoms. The van der Waals surface area contributed by atoms with Gasteiger partial charge in [-0.1, -0.05) is 102 Å². The Bertz CT molecular complexity index is 335. The lowest BCUT2D eigenvalue weighted by atomic mass is 10.1. The molecule has 0 saturated carbocycles. The highest BCUT2D eigenvalue weighted by atomic mass is 16.1. The molecule has 2 nitrogen and oxygen atoms in total. The van der Waals surface area contributed by atoms with Crippen LogP contribution >= 0.6 is 0 Å². The van der Waals surface area contributed by atoms with Gasteiger partial charge in [0.25, 0.3) is 0 Å². The molecule has 0 saturated heterocycles. The number of allylic oxidation sites excluding steroid dienone is 3. The molecule has 0 heterocycles. The van der Waals surface area contributed by atoms with Crippen LogP contribution in [0.3, 0.4) is 0 Å². The fraction of sp³-hybridized carbons (Fsp3) is 0.741. The van der Waals surface area contributed by atoms with Crippen LogP contribution in [0.4, 0.5) is 0 Å². The monoisotopic (exact) mass is 407 g/mol. The molecule has 172 valence electrons. The molecule has 1 amide bonds. The zero-order chi connectivity index (χ0) is 22.4. The first-order valence-electron chi connectivity index (χ1n) is 12.2. The Kier molecular flexibility index (Phi) is 38.2. The van der Waals surface area contributed by atoms with Crippen molar-refractivity contribution in [2.24, 2.45) is 5.73 Å². The van der Waals surface area contributed by atoms with Crippen LogP contribution in [0.2, 0.25) is 0 Å². The molecule has 0 bridgehead atoms. The maximum atomic E-state index is 10.6. The molecular formula is C27H53NO. The molecule has 0 spiro atoms. The number of rotatable bonds is 19. The van der Waals surface area contributed by atoms with Crippen molar-refractivity contribution in [1.29, 1.82) is 0 Å². The van der Waals surface area contributed by atoms with Crippen LogP contribution in [0, 0.1) is 0 Å². The van der Waals surface area contributed by atoms with E-state index in [0.717, 1.165) is 12.8 Å². The standard InChI is InChI=1S/C22H43NO.C3H6.C2H4/c1-2-3-4-5-6-7-8-9-10-11-12-13-14-15-16-17-18-19-20-21-22(23)24;1-3-2;1-2/h9-10H,2-8,11-21H2,1H3,(H2,23,24);3H,1H2,2H3;1-2H2/b10-9-;;. The summed E-state index contributed by atoms with van der Waals surface area (Å²) >= 11 is 0. The summed E-state index contributed by atoms with van der Waals surface area (Å²) in [5.74, 6) is -0.156. The molecule has 0 aliphatic heterocycles. The molecule has 0 fully saturated rings. The fourth-order valence-electron chi connectivity index (χ4n) is 3.08. The Morgan fingerprint density at radius 2 is 1.00 bits per heavy atom. The van der Waals surface area contributed by atoms with E-state index in [1.54, 1.807) is 6.08 Å². The number of amides is 1. The largest absolute Gasteiger partial charge is 0.370 e. The van der Waals surface area contributed by atoms with Gasteiger partial charge < -0.3 is 5.73 Å². The summed E-state index contributed by atoms with van der Waals surface area (Å²) in [7, 11) is 0. The summed E-state index contributed by atoms with van der Waals surface area (Å²) in [4.78, 5) is 10.6. The quantitative estimate of drug-likeness (QED) is 0.168. The van der Waals surface area contributed by atoms with Gasteiger partial charge in [0.05, 0.1) is 0 Å². The summed E-state index contributed by atoms with van der Waals surface area (Å²) in [6.07, 6.45) is 29.6. The minimum atomic E-state index is -0.156. The Hall–Kier alpha value is -1.31. The van der Waals surface area contributed by atoms with E-state index in [9.17, 15) is 4.79 Å². The van der Waals surface area contributed by atoms with Crippen molar-refractivity contribution >= 4 is 5.91 Å². The Morgan fingerprint density at radius 1 is 0.690 bits per heavy atom. The van der Waals surface area contributed by atoms with E-state index in [4.69, 9.17) is 5.73 Å². The maximum Gasteiger partial charge on any atom is 0.217 e. The third-order valence-corrected chi connectivity index (χ3v) is 4.68. The summed E-state index contributed by atoms with van der Waals surface area (Å²) < 4.78 is 0. The van der Waals surface area contributed by atoms with Crippen LogP contribution in [0.1, 0.15) is 129 Å². The molecule has 0 aliphatic rings. The lowest BCUT2D eigenvalue weighted by molar-refractivity contribution is -0.118. The molecule has 0 atom stereocenters. The van der Waals surface area contributed by atoms with Crippen molar-refractivity contribution in [3.05, 3.63) is 38.0 Å². The molecule has 0 aliphatic carbocycles. The van der Waals surface area contributed by atoms with E-state index < -0.39 is 0 Å². The first-order valence-corrected chi connectivity index (χ1v) is 12.2. The fourth-order valence-corrected chi connectivity index (χ4v) is 3.08. The number of hydrogen-bond donors (Lipinski definition) is 1. The zero-order valence-corrected chi connectivity index (χ0v) is 20.1. The molecular weight excluding hydrogens is 354 g/mol. The lowest BCUT2D eigenvalue weighted by Crippen LogP contribution is -2.09. The molecule has 0 aromatic carbocycles. The number of nitrogens with two attached hydrogens (primary N) is 1. The van der Waals surface area contributed by atoms with Gasteiger partial charge in [0.15, 0.2) is 0 Å². The number of carbonyl (C=O) groups is 1. The maximum absolute atomic E-state index is 10.6. The van der Waals surface area contributed by atoms with Crippen molar-refractivity contribution < 1.29 is 4.79 Å². The average Bonchev–Trinajstić information content (AvgIpc) is 2.71. The zero-order valence-electron chi connectivity index (χ0n) is 20.1. The van der Waals surface area contributed by atoms with E-state index in [0.29, 0.717) is 6.42 Å². The lowest BCUT2D eigenvalue weighted by Gasteiger charge is -2.01. The van der Waals surface area contributed by atoms with E-state index >= 15 is 0 Å². The van der Waals surface area contributed by atoms with Crippen molar-refractivity contribution in [1.82, 2.24) is 0 Å². The van der Waals surface area contributed by atoms with Crippen LogP contribution in [-0.2, 0) is 4.79 Å². The molecule has 0 radical (unpaired) electrons. The van der Waals surface area contributed by atoms with Gasteiger partial charge in [0.2, 0.25) is 5.91 Å². The van der Waals surface area contributed by atoms with Gasteiger partial charge in [-0.15, -0.1) is 19.7 Å². The van der Waals surface area contributed by atoms with Gasteiger partial charge in [-0.2, -0.15) is 0 Å². The minimum Gasteiger partial charge on any atom is -0.370 e. The third kappa shape index (κ3) is 42.0. The molecule has 0 aromatic heterocycles. The van der Waals surface area contributed by atoms with Crippen molar-refractivity contribution in [2.45, 2.75) is 129 Å². The topological polar surface area (TPSA) is 43.1 Å². The Morgan fingerprint density at radius 3 is 1.34 bits per heavy atom. The van der Waals surface area contributed by atoms with Gasteiger partial charge in [-0.05, 0) is 39.0 Å². The van der Waals surface area contributed by atoms with Gasteiger partial charge >= 0.3 is 0 Å². The minimum absolute atomic E-state index is 0.156. The number of primary amides is 1. The van der Waals surface area contributed by atoms with Gasteiger partial charge in [-0.25, -0.2) is 0 Å². The van der Waals surface area contributed by atoms with E-state index in [-0.39, 0.29) is 5.91 Å². The number of carbonyl (C=O) groups excluding carboxylic acids is 1. The first-order chi connectivity index (χ1) is 14.2. The molecule has 29 heavy (non-hydrogen) atoms.